The lowest BCUT2D eigenvalue weighted by Gasteiger charge is -2.30. The van der Waals surface area contributed by atoms with Gasteiger partial charge in [-0.1, -0.05) is 19.9 Å². The third-order valence-electron chi connectivity index (χ3n) is 6.72. The molecule has 194 valence electrons. The Balaban J connectivity index is 1.70. The number of likely N-dealkylation sites (N-methyl/N-ethyl adjacent to an activating group) is 1. The van der Waals surface area contributed by atoms with Gasteiger partial charge >= 0.3 is 5.97 Å². The molecule has 3 heterocycles. The summed E-state index contributed by atoms with van der Waals surface area (Å²) in [5, 5.41) is 12.7. The van der Waals surface area contributed by atoms with E-state index < -0.39 is 12.0 Å². The molecule has 0 spiro atoms. The monoisotopic (exact) mass is 495 g/mol. The van der Waals surface area contributed by atoms with Crippen LogP contribution in [0.2, 0.25) is 0 Å². The Morgan fingerprint density at radius 1 is 1.28 bits per heavy atom. The molecule has 3 aromatic rings. The normalized spacial score (nSPS) is 17.7. The Morgan fingerprint density at radius 2 is 2.06 bits per heavy atom. The van der Waals surface area contributed by atoms with Crippen molar-refractivity contribution in [2.75, 3.05) is 26.7 Å². The Bertz CT molecular complexity index is 1270. The highest BCUT2D eigenvalue weighted by Crippen LogP contribution is 2.27. The van der Waals surface area contributed by atoms with Gasteiger partial charge in [-0.05, 0) is 50.1 Å². The summed E-state index contributed by atoms with van der Waals surface area (Å²) in [7, 11) is 3.85. The number of nitrogens with one attached hydrogen (secondary N) is 1. The minimum absolute atomic E-state index is 0.0265. The zero-order valence-electron chi connectivity index (χ0n) is 21.8. The van der Waals surface area contributed by atoms with Crippen LogP contribution in [0.4, 0.5) is 0 Å². The first kappa shape index (κ1) is 26.1. The molecule has 2 atom stereocenters. The van der Waals surface area contributed by atoms with Crippen molar-refractivity contribution in [3.05, 3.63) is 51.9 Å². The van der Waals surface area contributed by atoms with Crippen LogP contribution >= 0.6 is 0 Å². The van der Waals surface area contributed by atoms with Crippen LogP contribution in [0.15, 0.2) is 35.3 Å². The molecule has 36 heavy (non-hydrogen) atoms. The quantitative estimate of drug-likeness (QED) is 0.471. The number of pyridine rings is 1. The number of aryl methyl sites for hydroxylation is 2. The highest BCUT2D eigenvalue weighted by molar-refractivity contribution is 5.81. The molecule has 0 aliphatic carbocycles. The second kappa shape index (κ2) is 10.9. The summed E-state index contributed by atoms with van der Waals surface area (Å²) in [6.45, 7) is 9.39. The summed E-state index contributed by atoms with van der Waals surface area (Å²) >= 11 is 0. The van der Waals surface area contributed by atoms with E-state index in [1.807, 2.05) is 51.2 Å². The van der Waals surface area contributed by atoms with Crippen LogP contribution < -0.4 is 10.9 Å². The van der Waals surface area contributed by atoms with Crippen LogP contribution in [-0.2, 0) is 29.7 Å². The largest absolute Gasteiger partial charge is 0.480 e. The number of ether oxygens (including phenoxy) is 1. The first-order valence-electron chi connectivity index (χ1n) is 12.6. The van der Waals surface area contributed by atoms with Gasteiger partial charge in [0.2, 0.25) is 0 Å². The van der Waals surface area contributed by atoms with Gasteiger partial charge in [0.15, 0.2) is 0 Å². The zero-order valence-corrected chi connectivity index (χ0v) is 21.8. The SMILES string of the molecule is Cc1cc(-c2nc3cc(CNC(CC(C)C)C(=O)O)ccc3n2CC2CN(C)CCO2)cn(C)c1=O. The molecule has 1 saturated heterocycles. The number of hydrogen-bond acceptors (Lipinski definition) is 6. The van der Waals surface area contributed by atoms with E-state index >= 15 is 0 Å². The number of fused-ring (bicyclic) bond motifs is 1. The molecule has 1 aromatic carbocycles. The van der Waals surface area contributed by atoms with E-state index in [1.165, 1.54) is 0 Å². The Kier molecular flexibility index (Phi) is 7.92. The fraction of sp³-hybridized carbons (Fsp3) is 0.519. The number of carboxylic acid groups (broad SMARTS) is 1. The number of aliphatic carboxylic acids is 1. The highest BCUT2D eigenvalue weighted by Gasteiger charge is 2.23. The van der Waals surface area contributed by atoms with Gasteiger partial charge in [0, 0.05) is 44.0 Å². The summed E-state index contributed by atoms with van der Waals surface area (Å²) < 4.78 is 9.83. The van der Waals surface area contributed by atoms with E-state index in [9.17, 15) is 14.7 Å². The maximum Gasteiger partial charge on any atom is 0.320 e. The first-order valence-corrected chi connectivity index (χ1v) is 12.6. The summed E-state index contributed by atoms with van der Waals surface area (Å²) in [6.07, 6.45) is 2.42. The van der Waals surface area contributed by atoms with Gasteiger partial charge in [-0.15, -0.1) is 0 Å². The summed E-state index contributed by atoms with van der Waals surface area (Å²) in [5.41, 5.74) is 4.29. The second-order valence-corrected chi connectivity index (χ2v) is 10.4. The van der Waals surface area contributed by atoms with Crippen molar-refractivity contribution in [2.45, 2.75) is 52.4 Å². The van der Waals surface area contributed by atoms with Crippen LogP contribution in [-0.4, -0.2) is 69.0 Å². The number of aromatic nitrogens is 3. The molecular formula is C27H37N5O4. The van der Waals surface area contributed by atoms with Crippen molar-refractivity contribution < 1.29 is 14.6 Å². The van der Waals surface area contributed by atoms with Crippen molar-refractivity contribution in [1.29, 1.82) is 0 Å². The molecule has 1 fully saturated rings. The molecule has 1 aliphatic heterocycles. The van der Waals surface area contributed by atoms with Crippen molar-refractivity contribution in [2.24, 2.45) is 13.0 Å². The first-order chi connectivity index (χ1) is 17.1. The number of hydrogen-bond donors (Lipinski definition) is 2. The molecule has 0 bridgehead atoms. The molecule has 2 unspecified atom stereocenters. The minimum atomic E-state index is -0.834. The highest BCUT2D eigenvalue weighted by atomic mass is 16.5. The van der Waals surface area contributed by atoms with Crippen LogP contribution in [0.5, 0.6) is 0 Å². The number of imidazole rings is 1. The van der Waals surface area contributed by atoms with E-state index in [1.54, 1.807) is 11.6 Å². The smallest absolute Gasteiger partial charge is 0.320 e. The molecule has 0 saturated carbocycles. The van der Waals surface area contributed by atoms with Gasteiger partial charge in [0.05, 0.1) is 30.3 Å². The summed E-state index contributed by atoms with van der Waals surface area (Å²) in [5.74, 6) is 0.235. The van der Waals surface area contributed by atoms with Crippen LogP contribution in [0.1, 0.15) is 31.4 Å². The molecule has 0 radical (unpaired) electrons. The van der Waals surface area contributed by atoms with Crippen molar-refractivity contribution >= 4 is 17.0 Å². The third kappa shape index (κ3) is 5.86. The molecule has 2 aromatic heterocycles. The molecule has 9 nitrogen and oxygen atoms in total. The fourth-order valence-corrected chi connectivity index (χ4v) is 4.86. The number of morpholine rings is 1. The predicted octanol–water partition coefficient (Wildman–Crippen LogP) is 2.63. The van der Waals surface area contributed by atoms with Gasteiger partial charge < -0.3 is 29.2 Å². The number of benzene rings is 1. The topological polar surface area (TPSA) is 102 Å². The molecule has 9 heteroatoms. The van der Waals surface area contributed by atoms with E-state index in [-0.39, 0.29) is 17.6 Å². The van der Waals surface area contributed by atoms with Gasteiger partial charge in [0.25, 0.3) is 5.56 Å². The van der Waals surface area contributed by atoms with Gasteiger partial charge in [0.1, 0.15) is 11.9 Å². The predicted molar refractivity (Wildman–Crippen MR) is 140 cm³/mol. The Hall–Kier alpha value is -3.01. The number of carbonyl (C=O) groups is 1. The lowest BCUT2D eigenvalue weighted by molar-refractivity contribution is -0.140. The maximum absolute atomic E-state index is 12.3. The standard InChI is InChI=1S/C27H37N5O4/c1-17(2)10-23(27(34)35)28-13-19-6-7-24-22(12-19)29-25(20-11-18(3)26(33)31(5)14-20)32(24)16-21-15-30(4)8-9-36-21/h6-7,11-12,14,17,21,23,28H,8-10,13,15-16H2,1-5H3,(H,34,35). The third-order valence-corrected chi connectivity index (χ3v) is 6.72. The van der Waals surface area contributed by atoms with Gasteiger partial charge in [-0.25, -0.2) is 4.98 Å². The number of carboxylic acids is 1. The van der Waals surface area contributed by atoms with Crippen LogP contribution in [0.3, 0.4) is 0 Å². The summed E-state index contributed by atoms with van der Waals surface area (Å²) in [4.78, 5) is 31.2. The lowest BCUT2D eigenvalue weighted by atomic mass is 10.0. The molecular weight excluding hydrogens is 458 g/mol. The Morgan fingerprint density at radius 3 is 2.72 bits per heavy atom. The maximum atomic E-state index is 12.3. The molecule has 0 amide bonds. The fourth-order valence-electron chi connectivity index (χ4n) is 4.86. The van der Waals surface area contributed by atoms with E-state index in [2.05, 4.69) is 21.8 Å². The number of nitrogens with zero attached hydrogens (tertiary/aromatic N) is 4. The molecule has 4 rings (SSSR count). The lowest BCUT2D eigenvalue weighted by Crippen LogP contribution is -2.42. The molecule has 1 aliphatic rings. The van der Waals surface area contributed by atoms with Crippen LogP contribution in [0, 0.1) is 12.8 Å². The molecule has 2 N–H and O–H groups in total. The van der Waals surface area contributed by atoms with E-state index in [0.29, 0.717) is 31.7 Å². The average molecular weight is 496 g/mol. The van der Waals surface area contributed by atoms with Crippen molar-refractivity contribution in [3.8, 4) is 11.4 Å². The summed E-state index contributed by atoms with van der Waals surface area (Å²) in [6, 6.07) is 7.37. The van der Waals surface area contributed by atoms with Gasteiger partial charge in [-0.2, -0.15) is 0 Å². The second-order valence-electron chi connectivity index (χ2n) is 10.4. The number of rotatable bonds is 9. The Labute approximate surface area is 211 Å². The average Bonchev–Trinajstić information content (AvgIpc) is 3.17. The van der Waals surface area contributed by atoms with Crippen molar-refractivity contribution in [1.82, 2.24) is 24.3 Å². The van der Waals surface area contributed by atoms with E-state index in [0.717, 1.165) is 41.1 Å². The van der Waals surface area contributed by atoms with E-state index in [4.69, 9.17) is 9.72 Å². The van der Waals surface area contributed by atoms with Crippen LogP contribution in [0.25, 0.3) is 22.4 Å². The van der Waals surface area contributed by atoms with Gasteiger partial charge in [-0.3, -0.25) is 9.59 Å². The zero-order chi connectivity index (χ0) is 26.0. The van der Waals surface area contributed by atoms with Crippen molar-refractivity contribution in [3.63, 3.8) is 0 Å². The minimum Gasteiger partial charge on any atom is -0.480 e.